The Morgan fingerprint density at radius 3 is 1.11 bits per heavy atom. The summed E-state index contributed by atoms with van der Waals surface area (Å²) in [6.07, 6.45) is 30.0. The zero-order valence-electron chi connectivity index (χ0n) is 54.0. The van der Waals surface area contributed by atoms with Crippen molar-refractivity contribution in [3.8, 4) is 0 Å². The number of unbranched alkanes of at least 4 members (excludes halogenated alkanes) is 36. The maximum Gasteiger partial charge on any atom is 0.220 e. The van der Waals surface area contributed by atoms with Gasteiger partial charge in [0.05, 0.1) is 38.6 Å². The van der Waals surface area contributed by atoms with Crippen molar-refractivity contribution in [1.82, 2.24) is 5.32 Å². The second-order valence-corrected chi connectivity index (χ2v) is 25.3. The number of aliphatic hydroxyl groups is 11. The third kappa shape index (κ3) is 33.1. The molecule has 17 unspecified atom stereocenters. The number of amides is 1. The summed E-state index contributed by atoms with van der Waals surface area (Å²) in [6, 6.07) is -0.972. The molecule has 17 atom stereocenters. The molecule has 19 heteroatoms. The van der Waals surface area contributed by atoms with Crippen molar-refractivity contribution < 1.29 is 89.4 Å². The molecule has 0 bridgehead atoms. The summed E-state index contributed by atoms with van der Waals surface area (Å²) in [7, 11) is 0. The Bertz CT molecular complexity index is 1680. The highest BCUT2D eigenvalue weighted by Gasteiger charge is 2.53. The van der Waals surface area contributed by atoms with Gasteiger partial charge >= 0.3 is 0 Å². The molecule has 3 heterocycles. The molecule has 3 fully saturated rings. The molecular formula is C68H127NO18. The topological polar surface area (TPSA) is 307 Å². The highest BCUT2D eigenvalue weighted by Crippen LogP contribution is 2.33. The molecule has 3 aliphatic rings. The zero-order valence-corrected chi connectivity index (χ0v) is 54.0. The SMILES string of the molecule is CCCCCCCCCC/C=C\CCCCCCCCCCCCCC(=O)NC(COC1OC(CO)C(OC2OC(CO)C(OC3OC(CO)C(O)C(O)C3O)C(O)C2O)C(O)C1O)C(O)/C=C/CCCCCCCCCCCCCCCCCCC. The van der Waals surface area contributed by atoms with Gasteiger partial charge in [-0.3, -0.25) is 4.79 Å². The summed E-state index contributed by atoms with van der Waals surface area (Å²) in [5, 5.41) is 121. The molecule has 0 aromatic rings. The Kier molecular flexibility index (Phi) is 46.4. The Morgan fingerprint density at radius 1 is 0.402 bits per heavy atom. The van der Waals surface area contributed by atoms with Crippen molar-refractivity contribution >= 4 is 5.91 Å². The van der Waals surface area contributed by atoms with Crippen molar-refractivity contribution in [1.29, 1.82) is 0 Å². The number of rotatable bonds is 54. The van der Waals surface area contributed by atoms with Crippen molar-refractivity contribution in [2.45, 2.75) is 375 Å². The highest BCUT2D eigenvalue weighted by atomic mass is 16.8. The minimum absolute atomic E-state index is 0.245. The minimum atomic E-state index is -1.98. The van der Waals surface area contributed by atoms with E-state index in [1.807, 2.05) is 6.08 Å². The Balaban J connectivity index is 1.44. The van der Waals surface area contributed by atoms with Crippen LogP contribution < -0.4 is 5.32 Å². The lowest BCUT2D eigenvalue weighted by atomic mass is 9.96. The fourth-order valence-electron chi connectivity index (χ4n) is 12.0. The van der Waals surface area contributed by atoms with E-state index < -0.39 is 124 Å². The average Bonchev–Trinajstić information content (AvgIpc) is 2.58. The second-order valence-electron chi connectivity index (χ2n) is 25.3. The van der Waals surface area contributed by atoms with Crippen LogP contribution in [0, 0.1) is 0 Å². The Labute approximate surface area is 524 Å². The summed E-state index contributed by atoms with van der Waals surface area (Å²) in [6.45, 7) is 1.76. The number of hydrogen-bond donors (Lipinski definition) is 12. The second kappa shape index (κ2) is 50.8. The van der Waals surface area contributed by atoms with Crippen LogP contribution in [-0.2, 0) is 33.2 Å². The van der Waals surface area contributed by atoms with E-state index in [1.165, 1.54) is 199 Å². The van der Waals surface area contributed by atoms with Crippen LogP contribution in [0.4, 0.5) is 0 Å². The molecule has 0 aromatic carbocycles. The van der Waals surface area contributed by atoms with Gasteiger partial charge in [-0.05, 0) is 44.9 Å². The molecule has 12 N–H and O–H groups in total. The van der Waals surface area contributed by atoms with Gasteiger partial charge in [0.25, 0.3) is 0 Å². The van der Waals surface area contributed by atoms with E-state index >= 15 is 0 Å². The van der Waals surface area contributed by atoms with E-state index in [9.17, 15) is 61.0 Å². The van der Waals surface area contributed by atoms with E-state index in [-0.39, 0.29) is 18.9 Å². The van der Waals surface area contributed by atoms with Crippen LogP contribution in [0.3, 0.4) is 0 Å². The van der Waals surface area contributed by atoms with Gasteiger partial charge in [0.15, 0.2) is 18.9 Å². The number of carbonyl (C=O) groups excluding carboxylic acids is 1. The number of nitrogens with one attached hydrogen (secondary N) is 1. The molecule has 3 aliphatic heterocycles. The first-order valence-corrected chi connectivity index (χ1v) is 35.1. The number of hydrogen-bond acceptors (Lipinski definition) is 18. The third-order valence-corrected chi connectivity index (χ3v) is 17.7. The lowest BCUT2D eigenvalue weighted by molar-refractivity contribution is -0.379. The summed E-state index contributed by atoms with van der Waals surface area (Å²) < 4.78 is 34.4. The predicted molar refractivity (Wildman–Crippen MR) is 337 cm³/mol. The van der Waals surface area contributed by atoms with Gasteiger partial charge < -0.3 is 89.9 Å². The average molecular weight is 1250 g/mol. The van der Waals surface area contributed by atoms with E-state index in [4.69, 9.17) is 28.4 Å². The van der Waals surface area contributed by atoms with Crippen molar-refractivity contribution in [2.24, 2.45) is 0 Å². The van der Waals surface area contributed by atoms with Gasteiger partial charge in [0, 0.05) is 6.42 Å². The van der Waals surface area contributed by atoms with Crippen molar-refractivity contribution in [3.63, 3.8) is 0 Å². The number of ether oxygens (including phenoxy) is 6. The van der Waals surface area contributed by atoms with Gasteiger partial charge in [-0.15, -0.1) is 0 Å². The molecular weight excluding hydrogens is 1120 g/mol. The summed E-state index contributed by atoms with van der Waals surface area (Å²) in [4.78, 5) is 13.4. The Hall–Kier alpha value is -1.73. The summed E-state index contributed by atoms with van der Waals surface area (Å²) in [5.41, 5.74) is 0. The van der Waals surface area contributed by atoms with Crippen LogP contribution in [-0.4, -0.2) is 193 Å². The highest BCUT2D eigenvalue weighted by molar-refractivity contribution is 5.76. The Morgan fingerprint density at radius 2 is 0.724 bits per heavy atom. The molecule has 3 rings (SSSR count). The molecule has 0 saturated carbocycles. The van der Waals surface area contributed by atoms with Crippen LogP contribution in [0.5, 0.6) is 0 Å². The minimum Gasteiger partial charge on any atom is -0.394 e. The smallest absolute Gasteiger partial charge is 0.220 e. The molecule has 1 amide bonds. The molecule has 0 spiro atoms. The first-order valence-electron chi connectivity index (χ1n) is 35.1. The van der Waals surface area contributed by atoms with Crippen molar-refractivity contribution in [3.05, 3.63) is 24.3 Å². The standard InChI is InChI=1S/C68H127NO18/c1-3-5-7-9-11-13-15-17-19-21-23-24-25-26-28-30-32-34-36-38-40-42-44-46-56(74)69-51(52(73)45-43-41-39-37-35-33-31-29-27-22-20-18-16-14-12-10-8-6-4-2)50-82-66-62(80)59(77)64(54(48-71)84-66)87-68-63(81)60(78)65(55(49-72)85-68)86-67-61(79)58(76)57(75)53(47-70)83-67/h21,23,43,45,51-55,57-68,70-73,75-81H,3-20,22,24-42,44,46-50H2,1-2H3,(H,69,74)/b23-21-,45-43+. The molecule has 19 nitrogen and oxygen atoms in total. The fraction of sp³-hybridized carbons (Fsp3) is 0.926. The van der Waals surface area contributed by atoms with Gasteiger partial charge in [-0.1, -0.05) is 244 Å². The third-order valence-electron chi connectivity index (χ3n) is 17.7. The summed E-state index contributed by atoms with van der Waals surface area (Å²) >= 11 is 0. The largest absolute Gasteiger partial charge is 0.394 e. The summed E-state index contributed by atoms with van der Waals surface area (Å²) in [5.74, 6) is -0.273. The van der Waals surface area contributed by atoms with Crippen LogP contribution in [0.2, 0.25) is 0 Å². The van der Waals surface area contributed by atoms with E-state index in [0.717, 1.165) is 44.9 Å². The lowest BCUT2D eigenvalue weighted by Gasteiger charge is -2.48. The van der Waals surface area contributed by atoms with E-state index in [1.54, 1.807) is 6.08 Å². The molecule has 3 saturated heterocycles. The van der Waals surface area contributed by atoms with Gasteiger partial charge in [-0.25, -0.2) is 0 Å². The van der Waals surface area contributed by atoms with Gasteiger partial charge in [0.2, 0.25) is 5.91 Å². The zero-order chi connectivity index (χ0) is 63.3. The molecule has 512 valence electrons. The van der Waals surface area contributed by atoms with Crippen LogP contribution in [0.15, 0.2) is 24.3 Å². The van der Waals surface area contributed by atoms with Gasteiger partial charge in [-0.2, -0.15) is 0 Å². The predicted octanol–water partition coefficient (Wildman–Crippen LogP) is 9.05. The quantitative estimate of drug-likeness (QED) is 0.0200. The van der Waals surface area contributed by atoms with E-state index in [0.29, 0.717) is 6.42 Å². The van der Waals surface area contributed by atoms with Gasteiger partial charge in [0.1, 0.15) is 73.2 Å². The maximum absolute atomic E-state index is 13.4. The number of carbonyl (C=O) groups is 1. The molecule has 87 heavy (non-hydrogen) atoms. The normalized spacial score (nSPS) is 28.7. The first-order chi connectivity index (χ1) is 42.3. The van der Waals surface area contributed by atoms with Crippen molar-refractivity contribution in [2.75, 3.05) is 26.4 Å². The molecule has 0 radical (unpaired) electrons. The first kappa shape index (κ1) is 79.5. The molecule has 0 aliphatic carbocycles. The number of allylic oxidation sites excluding steroid dienone is 3. The lowest BCUT2D eigenvalue weighted by Crippen LogP contribution is -2.66. The monoisotopic (exact) mass is 1250 g/mol. The van der Waals surface area contributed by atoms with E-state index in [2.05, 4.69) is 31.3 Å². The van der Waals surface area contributed by atoms with Crippen LogP contribution in [0.25, 0.3) is 0 Å². The van der Waals surface area contributed by atoms with Crippen LogP contribution >= 0.6 is 0 Å². The maximum atomic E-state index is 13.4. The number of aliphatic hydroxyl groups excluding tert-OH is 11. The fourth-order valence-corrected chi connectivity index (χ4v) is 12.0. The van der Waals surface area contributed by atoms with Crippen LogP contribution in [0.1, 0.15) is 271 Å². The molecule has 0 aromatic heterocycles.